The summed E-state index contributed by atoms with van der Waals surface area (Å²) in [6.45, 7) is 1.55. The number of sulfonamides is 1. The zero-order valence-corrected chi connectivity index (χ0v) is 16.5. The summed E-state index contributed by atoms with van der Waals surface area (Å²) in [4.78, 5) is 13.6. The normalized spacial score (nSPS) is 12.5. The van der Waals surface area contributed by atoms with Gasteiger partial charge in [0.1, 0.15) is 6.04 Å². The number of halogens is 1. The lowest BCUT2D eigenvalue weighted by atomic mass is 10.2. The number of nitrogens with zero attached hydrogens (tertiary/aromatic N) is 1. The summed E-state index contributed by atoms with van der Waals surface area (Å²) < 4.78 is 25.5. The molecular formula is C17H19ClN2O3S2. The molecule has 1 atom stereocenters. The predicted octanol–water partition coefficient (Wildman–Crippen LogP) is 3.86. The molecule has 25 heavy (non-hydrogen) atoms. The molecule has 2 rings (SSSR count). The van der Waals surface area contributed by atoms with Gasteiger partial charge < -0.3 is 5.32 Å². The Kier molecular flexibility index (Phi) is 6.37. The summed E-state index contributed by atoms with van der Waals surface area (Å²) >= 11 is 7.42. The minimum Gasteiger partial charge on any atom is -0.324 e. The van der Waals surface area contributed by atoms with Crippen LogP contribution in [0.1, 0.15) is 6.92 Å². The Hall–Kier alpha value is -1.70. The molecule has 0 aromatic heterocycles. The van der Waals surface area contributed by atoms with Crippen molar-refractivity contribution >= 4 is 50.7 Å². The van der Waals surface area contributed by atoms with Crippen molar-refractivity contribution in [1.82, 2.24) is 0 Å². The Morgan fingerprint density at radius 2 is 1.84 bits per heavy atom. The highest BCUT2D eigenvalue weighted by Crippen LogP contribution is 2.24. The molecule has 0 saturated heterocycles. The summed E-state index contributed by atoms with van der Waals surface area (Å²) in [5.41, 5.74) is 1.00. The standard InChI is InChI=1S/C17H19ClN2O3S2/c1-12(17(21)19-14-5-4-6-16(11-14)24-2)20(25(3,22)23)15-9-7-13(18)8-10-15/h4-12H,1-3H3,(H,19,21). The molecule has 5 nitrogen and oxygen atoms in total. The topological polar surface area (TPSA) is 66.5 Å². The Balaban J connectivity index is 2.28. The first kappa shape index (κ1) is 19.6. The maximum atomic E-state index is 12.6. The lowest BCUT2D eigenvalue weighted by molar-refractivity contribution is -0.116. The first-order chi connectivity index (χ1) is 11.7. The van der Waals surface area contributed by atoms with E-state index in [2.05, 4.69) is 5.32 Å². The molecule has 0 spiro atoms. The number of benzene rings is 2. The number of amides is 1. The summed E-state index contributed by atoms with van der Waals surface area (Å²) in [5.74, 6) is -0.418. The van der Waals surface area contributed by atoms with E-state index in [9.17, 15) is 13.2 Å². The van der Waals surface area contributed by atoms with Crippen LogP contribution in [0.15, 0.2) is 53.4 Å². The van der Waals surface area contributed by atoms with Gasteiger partial charge in [-0.1, -0.05) is 17.7 Å². The third-order valence-corrected chi connectivity index (χ3v) is 5.73. The first-order valence-corrected chi connectivity index (χ1v) is 10.9. The highest BCUT2D eigenvalue weighted by atomic mass is 35.5. The van der Waals surface area contributed by atoms with Crippen molar-refractivity contribution in [3.05, 3.63) is 53.6 Å². The van der Waals surface area contributed by atoms with Crippen LogP contribution >= 0.6 is 23.4 Å². The van der Waals surface area contributed by atoms with Gasteiger partial charge in [-0.25, -0.2) is 8.42 Å². The van der Waals surface area contributed by atoms with Crippen molar-refractivity contribution in [3.63, 3.8) is 0 Å². The van der Waals surface area contributed by atoms with Crippen molar-refractivity contribution < 1.29 is 13.2 Å². The molecule has 2 aromatic carbocycles. The molecule has 1 N–H and O–H groups in total. The van der Waals surface area contributed by atoms with E-state index in [1.54, 1.807) is 49.0 Å². The summed E-state index contributed by atoms with van der Waals surface area (Å²) in [6.07, 6.45) is 3.01. The average molecular weight is 399 g/mol. The zero-order chi connectivity index (χ0) is 18.6. The van der Waals surface area contributed by atoms with Crippen LogP contribution in [0.2, 0.25) is 5.02 Å². The van der Waals surface area contributed by atoms with Crippen LogP contribution in [0, 0.1) is 0 Å². The SMILES string of the molecule is CSc1cccc(NC(=O)C(C)N(c2ccc(Cl)cc2)S(C)(=O)=O)c1. The van der Waals surface area contributed by atoms with E-state index in [0.717, 1.165) is 15.5 Å². The smallest absolute Gasteiger partial charge is 0.247 e. The van der Waals surface area contributed by atoms with Crippen molar-refractivity contribution in [2.75, 3.05) is 22.1 Å². The predicted molar refractivity (Wildman–Crippen MR) is 105 cm³/mol. The molecule has 0 aliphatic heterocycles. The molecule has 134 valence electrons. The van der Waals surface area contributed by atoms with Gasteiger partial charge >= 0.3 is 0 Å². The number of thioether (sulfide) groups is 1. The lowest BCUT2D eigenvalue weighted by Crippen LogP contribution is -2.45. The van der Waals surface area contributed by atoms with Crippen molar-refractivity contribution in [2.45, 2.75) is 17.9 Å². The fourth-order valence-corrected chi connectivity index (χ4v) is 4.10. The number of rotatable bonds is 6. The number of carbonyl (C=O) groups excluding carboxylic acids is 1. The van der Waals surface area contributed by atoms with E-state index < -0.39 is 22.0 Å². The van der Waals surface area contributed by atoms with Gasteiger partial charge in [0.05, 0.1) is 11.9 Å². The third-order valence-electron chi connectivity index (χ3n) is 3.51. The van der Waals surface area contributed by atoms with Crippen LogP contribution in [0.25, 0.3) is 0 Å². The lowest BCUT2D eigenvalue weighted by Gasteiger charge is -2.28. The van der Waals surface area contributed by atoms with E-state index >= 15 is 0 Å². The maximum Gasteiger partial charge on any atom is 0.247 e. The summed E-state index contributed by atoms with van der Waals surface area (Å²) in [6, 6.07) is 12.8. The van der Waals surface area contributed by atoms with E-state index in [1.807, 2.05) is 24.5 Å². The highest BCUT2D eigenvalue weighted by molar-refractivity contribution is 7.98. The minimum absolute atomic E-state index is 0.382. The highest BCUT2D eigenvalue weighted by Gasteiger charge is 2.29. The Morgan fingerprint density at radius 1 is 1.20 bits per heavy atom. The molecule has 0 fully saturated rings. The minimum atomic E-state index is -3.65. The second-order valence-corrected chi connectivity index (χ2v) is 8.61. The first-order valence-electron chi connectivity index (χ1n) is 7.42. The summed E-state index contributed by atoms with van der Waals surface area (Å²) in [7, 11) is -3.65. The molecule has 1 amide bonds. The van der Waals surface area contributed by atoms with E-state index in [1.165, 1.54) is 0 Å². The number of carbonyl (C=O) groups is 1. The number of hydrogen-bond acceptors (Lipinski definition) is 4. The largest absolute Gasteiger partial charge is 0.324 e. The number of hydrogen-bond donors (Lipinski definition) is 1. The second kappa shape index (κ2) is 8.12. The Labute approximate surface area is 157 Å². The van der Waals surface area contributed by atoms with Crippen LogP contribution in [0.3, 0.4) is 0 Å². The van der Waals surface area contributed by atoms with E-state index in [4.69, 9.17) is 11.6 Å². The van der Waals surface area contributed by atoms with Crippen molar-refractivity contribution in [3.8, 4) is 0 Å². The Bertz CT molecular complexity index is 854. The molecule has 8 heteroatoms. The molecular weight excluding hydrogens is 380 g/mol. The molecule has 0 heterocycles. The van der Waals surface area contributed by atoms with Gasteiger partial charge in [-0.2, -0.15) is 0 Å². The molecule has 1 unspecified atom stereocenters. The van der Waals surface area contributed by atoms with Gasteiger partial charge in [-0.15, -0.1) is 11.8 Å². The third kappa shape index (κ3) is 5.14. The molecule has 2 aromatic rings. The quantitative estimate of drug-likeness (QED) is 0.750. The van der Waals surface area contributed by atoms with Crippen LogP contribution in [-0.2, 0) is 14.8 Å². The number of anilines is 2. The average Bonchev–Trinajstić information content (AvgIpc) is 2.55. The van der Waals surface area contributed by atoms with Gasteiger partial charge in [0, 0.05) is 15.6 Å². The van der Waals surface area contributed by atoms with Crippen molar-refractivity contribution in [2.24, 2.45) is 0 Å². The zero-order valence-electron chi connectivity index (χ0n) is 14.1. The van der Waals surface area contributed by atoms with Gasteiger partial charge in [0.25, 0.3) is 0 Å². The van der Waals surface area contributed by atoms with E-state index in [-0.39, 0.29) is 0 Å². The Morgan fingerprint density at radius 3 is 2.40 bits per heavy atom. The van der Waals surface area contributed by atoms with Crippen LogP contribution in [0.4, 0.5) is 11.4 Å². The molecule has 0 radical (unpaired) electrons. The second-order valence-electron chi connectivity index (χ2n) is 5.43. The van der Waals surface area contributed by atoms with Crippen LogP contribution in [0.5, 0.6) is 0 Å². The van der Waals surface area contributed by atoms with Gasteiger partial charge in [0.15, 0.2) is 0 Å². The fourth-order valence-electron chi connectivity index (χ4n) is 2.34. The fraction of sp³-hybridized carbons (Fsp3) is 0.235. The van der Waals surface area contributed by atoms with Gasteiger partial charge in [0.2, 0.25) is 15.9 Å². The van der Waals surface area contributed by atoms with Gasteiger partial charge in [-0.3, -0.25) is 9.10 Å². The molecule has 0 bridgehead atoms. The molecule has 0 aliphatic rings. The number of nitrogens with one attached hydrogen (secondary N) is 1. The van der Waals surface area contributed by atoms with Crippen LogP contribution < -0.4 is 9.62 Å². The van der Waals surface area contributed by atoms with Crippen LogP contribution in [-0.4, -0.2) is 32.9 Å². The maximum absolute atomic E-state index is 12.6. The van der Waals surface area contributed by atoms with E-state index in [0.29, 0.717) is 16.4 Å². The molecule has 0 saturated carbocycles. The summed E-state index contributed by atoms with van der Waals surface area (Å²) in [5, 5.41) is 3.25. The van der Waals surface area contributed by atoms with Crippen molar-refractivity contribution in [1.29, 1.82) is 0 Å². The molecule has 0 aliphatic carbocycles. The monoisotopic (exact) mass is 398 g/mol. The van der Waals surface area contributed by atoms with Gasteiger partial charge in [-0.05, 0) is 55.6 Å².